The van der Waals surface area contributed by atoms with Crippen LogP contribution in [0.15, 0.2) is 60.1 Å². The van der Waals surface area contributed by atoms with Gasteiger partial charge in [-0.05, 0) is 51.8 Å². The van der Waals surface area contributed by atoms with Crippen LogP contribution < -0.4 is 5.32 Å². The molecule has 164 valence electrons. The summed E-state index contributed by atoms with van der Waals surface area (Å²) in [6, 6.07) is 11.9. The highest BCUT2D eigenvalue weighted by atomic mass is 16.6. The van der Waals surface area contributed by atoms with Crippen molar-refractivity contribution in [2.75, 3.05) is 0 Å². The number of ether oxygens (including phenoxy) is 1. The lowest BCUT2D eigenvalue weighted by Gasteiger charge is -2.29. The van der Waals surface area contributed by atoms with E-state index in [1.54, 1.807) is 12.5 Å². The molecule has 1 atom stereocenters. The van der Waals surface area contributed by atoms with Gasteiger partial charge in [-0.3, -0.25) is 9.98 Å². The molecular weight excluding hydrogens is 402 g/mol. The highest BCUT2D eigenvalue weighted by Gasteiger charge is 2.28. The molecule has 0 aliphatic carbocycles. The fourth-order valence-electron chi connectivity index (χ4n) is 3.66. The Morgan fingerprint density at radius 3 is 2.44 bits per heavy atom. The van der Waals surface area contributed by atoms with Crippen LogP contribution in [0, 0.1) is 0 Å². The summed E-state index contributed by atoms with van der Waals surface area (Å²) >= 11 is 0. The van der Waals surface area contributed by atoms with Crippen LogP contribution in [0.1, 0.15) is 57.4 Å². The number of nitrogens with zero attached hydrogens (tertiary/aromatic N) is 4. The number of carbonyl (C=O) groups is 1. The average Bonchev–Trinajstić information content (AvgIpc) is 3.17. The van der Waals surface area contributed by atoms with E-state index in [1.807, 2.05) is 83.4 Å². The van der Waals surface area contributed by atoms with Crippen molar-refractivity contribution in [1.29, 1.82) is 0 Å². The molecule has 32 heavy (non-hydrogen) atoms. The third-order valence-corrected chi connectivity index (χ3v) is 5.23. The van der Waals surface area contributed by atoms with Crippen LogP contribution in [-0.2, 0) is 10.3 Å². The van der Waals surface area contributed by atoms with Crippen molar-refractivity contribution in [3.63, 3.8) is 0 Å². The van der Waals surface area contributed by atoms with Crippen LogP contribution in [-0.4, -0.2) is 32.9 Å². The van der Waals surface area contributed by atoms with E-state index in [-0.39, 0.29) is 5.92 Å². The third-order valence-electron chi connectivity index (χ3n) is 5.23. The summed E-state index contributed by atoms with van der Waals surface area (Å²) in [5, 5.41) is 2.94. The number of hydrogen-bond acceptors (Lipinski definition) is 6. The Bertz CT molecular complexity index is 1150. The van der Waals surface area contributed by atoms with Crippen molar-refractivity contribution in [3.05, 3.63) is 71.9 Å². The topological polar surface area (TPSA) is 89.4 Å². The standard InChI is InChI=1S/C25H27N5O2/c1-24(2,3)32-23(31)30-25(4,5)18-10-8-16(9-11-18)20-22-21(29-15-28-20)19(14-27-22)17-7-6-12-26-13-17/h6-15,19H,1-5H3,(H,30,31). The van der Waals surface area contributed by atoms with Crippen molar-refractivity contribution in [2.45, 2.75) is 51.7 Å². The Balaban J connectivity index is 1.58. The molecule has 1 aliphatic rings. The van der Waals surface area contributed by atoms with Crippen LogP contribution in [0.2, 0.25) is 0 Å². The summed E-state index contributed by atoms with van der Waals surface area (Å²) in [7, 11) is 0. The fraction of sp³-hybridized carbons (Fsp3) is 0.320. The van der Waals surface area contributed by atoms with E-state index in [4.69, 9.17) is 4.74 Å². The van der Waals surface area contributed by atoms with Gasteiger partial charge >= 0.3 is 6.09 Å². The second-order valence-electron chi connectivity index (χ2n) is 9.33. The quantitative estimate of drug-likeness (QED) is 0.620. The minimum absolute atomic E-state index is 0.0308. The van der Waals surface area contributed by atoms with Gasteiger partial charge in [-0.15, -0.1) is 0 Å². The Morgan fingerprint density at radius 2 is 1.78 bits per heavy atom. The van der Waals surface area contributed by atoms with Gasteiger partial charge in [-0.25, -0.2) is 14.8 Å². The lowest BCUT2D eigenvalue weighted by atomic mass is 9.92. The van der Waals surface area contributed by atoms with Crippen molar-refractivity contribution in [2.24, 2.45) is 4.99 Å². The molecule has 0 spiro atoms. The first-order valence-corrected chi connectivity index (χ1v) is 10.6. The number of benzene rings is 1. The first-order chi connectivity index (χ1) is 15.1. The predicted molar refractivity (Wildman–Crippen MR) is 124 cm³/mol. The Morgan fingerprint density at radius 1 is 1.03 bits per heavy atom. The minimum Gasteiger partial charge on any atom is -0.444 e. The summed E-state index contributed by atoms with van der Waals surface area (Å²) in [6.07, 6.45) is 6.61. The Kier molecular flexibility index (Phi) is 5.50. The molecule has 1 N–H and O–H groups in total. The molecule has 0 saturated carbocycles. The monoisotopic (exact) mass is 429 g/mol. The second kappa shape index (κ2) is 8.15. The molecule has 4 rings (SSSR count). The van der Waals surface area contributed by atoms with E-state index in [0.717, 1.165) is 33.8 Å². The molecule has 0 fully saturated rings. The summed E-state index contributed by atoms with van der Waals surface area (Å²) in [5.74, 6) is -0.0308. The van der Waals surface area contributed by atoms with Crippen LogP contribution in [0.4, 0.5) is 10.5 Å². The van der Waals surface area contributed by atoms with Crippen molar-refractivity contribution in [3.8, 4) is 11.3 Å². The minimum atomic E-state index is -0.599. The van der Waals surface area contributed by atoms with Gasteiger partial charge in [0.25, 0.3) is 0 Å². The molecule has 3 heterocycles. The predicted octanol–water partition coefficient (Wildman–Crippen LogP) is 5.15. The molecule has 3 aromatic rings. The molecule has 7 nitrogen and oxygen atoms in total. The van der Waals surface area contributed by atoms with Crippen molar-refractivity contribution in [1.82, 2.24) is 20.3 Å². The van der Waals surface area contributed by atoms with E-state index in [1.165, 1.54) is 0 Å². The number of fused-ring (bicyclic) bond motifs is 1. The van der Waals surface area contributed by atoms with E-state index >= 15 is 0 Å². The highest BCUT2D eigenvalue weighted by Crippen LogP contribution is 2.40. The maximum absolute atomic E-state index is 12.2. The number of pyridine rings is 1. The number of nitrogens with one attached hydrogen (secondary N) is 1. The largest absolute Gasteiger partial charge is 0.444 e. The van der Waals surface area contributed by atoms with Crippen molar-refractivity contribution < 1.29 is 9.53 Å². The van der Waals surface area contributed by atoms with Gasteiger partial charge < -0.3 is 10.1 Å². The smallest absolute Gasteiger partial charge is 0.408 e. The van der Waals surface area contributed by atoms with E-state index in [2.05, 4.69) is 25.3 Å². The second-order valence-corrected chi connectivity index (χ2v) is 9.33. The number of aliphatic imine (C=N–C) groups is 1. The molecule has 0 bridgehead atoms. The average molecular weight is 430 g/mol. The lowest BCUT2D eigenvalue weighted by Crippen LogP contribution is -2.43. The zero-order valence-electron chi connectivity index (χ0n) is 19.0. The van der Waals surface area contributed by atoms with Gasteiger partial charge in [0, 0.05) is 24.2 Å². The number of hydrogen-bond donors (Lipinski definition) is 1. The first kappa shape index (κ1) is 21.6. The highest BCUT2D eigenvalue weighted by molar-refractivity contribution is 5.88. The van der Waals surface area contributed by atoms with Crippen LogP contribution >= 0.6 is 0 Å². The van der Waals surface area contributed by atoms with Gasteiger partial charge in [0.2, 0.25) is 0 Å². The van der Waals surface area contributed by atoms with E-state index < -0.39 is 17.2 Å². The molecule has 0 saturated heterocycles. The van der Waals surface area contributed by atoms with Gasteiger partial charge in [0.1, 0.15) is 17.6 Å². The SMILES string of the molecule is CC(C)(C)OC(=O)NC(C)(C)c1ccc(-c2ncnc3c2N=CC3c2cccnc2)cc1. The third kappa shape index (κ3) is 4.51. The van der Waals surface area contributed by atoms with Gasteiger partial charge in [0.15, 0.2) is 0 Å². The molecule has 1 aromatic carbocycles. The normalized spacial score (nSPS) is 15.3. The number of alkyl carbamates (subject to hydrolysis) is 1. The van der Waals surface area contributed by atoms with Crippen LogP contribution in [0.25, 0.3) is 11.3 Å². The molecule has 2 aromatic heterocycles. The molecule has 1 aliphatic heterocycles. The molecule has 1 amide bonds. The summed E-state index contributed by atoms with van der Waals surface area (Å²) in [5.41, 5.74) is 4.22. The molecule has 0 radical (unpaired) electrons. The summed E-state index contributed by atoms with van der Waals surface area (Å²) in [6.45, 7) is 9.41. The van der Waals surface area contributed by atoms with Crippen molar-refractivity contribution >= 4 is 18.0 Å². The fourth-order valence-corrected chi connectivity index (χ4v) is 3.66. The molecule has 7 heteroatoms. The Labute approximate surface area is 188 Å². The summed E-state index contributed by atoms with van der Waals surface area (Å²) in [4.78, 5) is 30.1. The lowest BCUT2D eigenvalue weighted by molar-refractivity contribution is 0.0470. The number of amides is 1. The van der Waals surface area contributed by atoms with Crippen LogP contribution in [0.5, 0.6) is 0 Å². The maximum atomic E-state index is 12.2. The zero-order valence-corrected chi connectivity index (χ0v) is 19.0. The number of aromatic nitrogens is 3. The zero-order chi connectivity index (χ0) is 22.9. The summed E-state index contributed by atoms with van der Waals surface area (Å²) < 4.78 is 5.40. The van der Waals surface area contributed by atoms with E-state index in [9.17, 15) is 4.79 Å². The maximum Gasteiger partial charge on any atom is 0.408 e. The number of carbonyl (C=O) groups excluding carboxylic acids is 1. The number of rotatable bonds is 4. The molecular formula is C25H27N5O2. The van der Waals surface area contributed by atoms with E-state index in [0.29, 0.717) is 0 Å². The van der Waals surface area contributed by atoms with Crippen LogP contribution in [0.3, 0.4) is 0 Å². The van der Waals surface area contributed by atoms with Gasteiger partial charge in [-0.1, -0.05) is 30.3 Å². The first-order valence-electron chi connectivity index (χ1n) is 10.6. The van der Waals surface area contributed by atoms with Gasteiger partial charge in [0.05, 0.1) is 22.8 Å². The van der Waals surface area contributed by atoms with Gasteiger partial charge in [-0.2, -0.15) is 0 Å². The molecule has 1 unspecified atom stereocenters. The Hall–Kier alpha value is -3.61.